The maximum atomic E-state index is 12.4. The number of carbonyl (C=O) groups is 2. The van der Waals surface area contributed by atoms with E-state index in [2.05, 4.69) is 5.32 Å². The number of nitrogens with zero attached hydrogens (tertiary/aromatic N) is 1. The van der Waals surface area contributed by atoms with Crippen molar-refractivity contribution < 1.29 is 14.5 Å². The van der Waals surface area contributed by atoms with Crippen molar-refractivity contribution in [1.82, 2.24) is 4.90 Å². The zero-order chi connectivity index (χ0) is 19.9. The van der Waals surface area contributed by atoms with Crippen LogP contribution >= 0.6 is 0 Å². The van der Waals surface area contributed by atoms with E-state index in [0.29, 0.717) is 19.6 Å². The molecule has 5 nitrogen and oxygen atoms in total. The Kier molecular flexibility index (Phi) is 6.61. The van der Waals surface area contributed by atoms with Gasteiger partial charge in [0.1, 0.15) is 0 Å². The SMILES string of the molecule is Cc1cccc(NC(=O)C[NH+]2CCN(C(=O)/C=C/c3ccccc3)CC2)c1C. The van der Waals surface area contributed by atoms with Crippen molar-refractivity contribution in [2.45, 2.75) is 13.8 Å². The van der Waals surface area contributed by atoms with Crippen LogP contribution in [0.4, 0.5) is 5.69 Å². The van der Waals surface area contributed by atoms with Gasteiger partial charge in [0.2, 0.25) is 5.91 Å². The highest BCUT2D eigenvalue weighted by Gasteiger charge is 2.24. The average molecular weight is 378 g/mol. The Morgan fingerprint density at radius 2 is 1.75 bits per heavy atom. The largest absolute Gasteiger partial charge is 0.328 e. The first kappa shape index (κ1) is 19.8. The van der Waals surface area contributed by atoms with Crippen molar-refractivity contribution in [3.8, 4) is 0 Å². The molecular formula is C23H28N3O2+. The molecule has 1 aliphatic heterocycles. The van der Waals surface area contributed by atoms with Gasteiger partial charge in [-0.2, -0.15) is 0 Å². The minimum atomic E-state index is 0.0208. The van der Waals surface area contributed by atoms with Gasteiger partial charge in [-0.05, 0) is 42.7 Å². The van der Waals surface area contributed by atoms with E-state index >= 15 is 0 Å². The first-order valence-electron chi connectivity index (χ1n) is 9.74. The third kappa shape index (κ3) is 5.30. The summed E-state index contributed by atoms with van der Waals surface area (Å²) in [5.74, 6) is 0.0511. The van der Waals surface area contributed by atoms with Gasteiger partial charge in [0, 0.05) is 11.8 Å². The summed E-state index contributed by atoms with van der Waals surface area (Å²) in [5, 5.41) is 3.02. The zero-order valence-electron chi connectivity index (χ0n) is 16.6. The highest BCUT2D eigenvalue weighted by atomic mass is 16.2. The van der Waals surface area contributed by atoms with Gasteiger partial charge in [0.25, 0.3) is 5.91 Å². The Morgan fingerprint density at radius 3 is 2.46 bits per heavy atom. The molecule has 2 aromatic rings. The summed E-state index contributed by atoms with van der Waals surface area (Å²) in [6, 6.07) is 15.7. The van der Waals surface area contributed by atoms with Crippen LogP contribution in [0.25, 0.3) is 6.08 Å². The Bertz CT molecular complexity index is 853. The molecule has 2 aromatic carbocycles. The van der Waals surface area contributed by atoms with Crippen LogP contribution in [0.2, 0.25) is 0 Å². The van der Waals surface area contributed by atoms with Crippen LogP contribution in [0.5, 0.6) is 0 Å². The lowest BCUT2D eigenvalue weighted by Crippen LogP contribution is -3.15. The monoisotopic (exact) mass is 378 g/mol. The van der Waals surface area contributed by atoms with Crippen molar-refractivity contribution in [2.24, 2.45) is 0 Å². The maximum absolute atomic E-state index is 12.4. The van der Waals surface area contributed by atoms with E-state index < -0.39 is 0 Å². The number of carbonyl (C=O) groups excluding carboxylic acids is 2. The molecule has 146 valence electrons. The zero-order valence-corrected chi connectivity index (χ0v) is 16.6. The maximum Gasteiger partial charge on any atom is 0.279 e. The van der Waals surface area contributed by atoms with Gasteiger partial charge in [0.05, 0.1) is 26.2 Å². The van der Waals surface area contributed by atoms with Crippen LogP contribution in [0, 0.1) is 13.8 Å². The number of quaternary nitrogens is 1. The minimum Gasteiger partial charge on any atom is -0.328 e. The van der Waals surface area contributed by atoms with E-state index in [-0.39, 0.29) is 11.8 Å². The van der Waals surface area contributed by atoms with Crippen LogP contribution in [-0.2, 0) is 9.59 Å². The lowest BCUT2D eigenvalue weighted by atomic mass is 10.1. The lowest BCUT2D eigenvalue weighted by molar-refractivity contribution is -0.895. The molecule has 0 radical (unpaired) electrons. The summed E-state index contributed by atoms with van der Waals surface area (Å²) >= 11 is 0. The number of hydrogen-bond donors (Lipinski definition) is 2. The van der Waals surface area contributed by atoms with Gasteiger partial charge in [-0.1, -0.05) is 42.5 Å². The van der Waals surface area contributed by atoms with Gasteiger partial charge in [-0.25, -0.2) is 0 Å². The molecule has 2 N–H and O–H groups in total. The number of hydrogen-bond acceptors (Lipinski definition) is 2. The molecular weight excluding hydrogens is 350 g/mol. The quantitative estimate of drug-likeness (QED) is 0.778. The third-order valence-electron chi connectivity index (χ3n) is 5.29. The van der Waals surface area contributed by atoms with Gasteiger partial charge >= 0.3 is 0 Å². The van der Waals surface area contributed by atoms with Gasteiger partial charge in [-0.15, -0.1) is 0 Å². The number of anilines is 1. The summed E-state index contributed by atoms with van der Waals surface area (Å²) in [7, 11) is 0. The Hall–Kier alpha value is -2.92. The number of aryl methyl sites for hydroxylation is 1. The van der Waals surface area contributed by atoms with Crippen LogP contribution in [0.15, 0.2) is 54.6 Å². The van der Waals surface area contributed by atoms with Crippen molar-refractivity contribution in [3.05, 3.63) is 71.3 Å². The van der Waals surface area contributed by atoms with Crippen molar-refractivity contribution in [1.29, 1.82) is 0 Å². The van der Waals surface area contributed by atoms with E-state index in [1.807, 2.05) is 73.4 Å². The molecule has 0 aromatic heterocycles. The summed E-state index contributed by atoms with van der Waals surface area (Å²) in [4.78, 5) is 27.8. The first-order chi connectivity index (χ1) is 13.5. The molecule has 1 saturated heterocycles. The number of amides is 2. The van der Waals surface area contributed by atoms with E-state index in [1.165, 1.54) is 10.5 Å². The fraction of sp³-hybridized carbons (Fsp3) is 0.304. The molecule has 3 rings (SSSR count). The highest BCUT2D eigenvalue weighted by molar-refractivity contribution is 5.92. The summed E-state index contributed by atoms with van der Waals surface area (Å²) in [6.45, 7) is 7.39. The number of rotatable bonds is 5. The van der Waals surface area contributed by atoms with Crippen molar-refractivity contribution in [3.63, 3.8) is 0 Å². The summed E-state index contributed by atoms with van der Waals surface area (Å²) in [5.41, 5.74) is 4.17. The Balaban J connectivity index is 1.46. The standard InChI is InChI=1S/C23H27N3O2/c1-18-7-6-10-21(19(18)2)24-22(27)17-25-13-15-26(16-14-25)23(28)12-11-20-8-4-3-5-9-20/h3-12H,13-17H2,1-2H3,(H,24,27)/p+1/b12-11+. The second-order valence-corrected chi connectivity index (χ2v) is 7.29. The van der Waals surface area contributed by atoms with Crippen molar-refractivity contribution >= 4 is 23.6 Å². The summed E-state index contributed by atoms with van der Waals surface area (Å²) < 4.78 is 0. The number of piperazine rings is 1. The molecule has 1 fully saturated rings. The number of nitrogens with one attached hydrogen (secondary N) is 2. The topological polar surface area (TPSA) is 53.9 Å². The highest BCUT2D eigenvalue weighted by Crippen LogP contribution is 2.17. The van der Waals surface area contributed by atoms with E-state index in [9.17, 15) is 9.59 Å². The third-order valence-corrected chi connectivity index (χ3v) is 5.29. The molecule has 28 heavy (non-hydrogen) atoms. The van der Waals surface area contributed by atoms with Gasteiger partial charge < -0.3 is 15.1 Å². The fourth-order valence-corrected chi connectivity index (χ4v) is 3.37. The van der Waals surface area contributed by atoms with E-state index in [1.54, 1.807) is 6.08 Å². The van der Waals surface area contributed by atoms with Gasteiger partial charge in [-0.3, -0.25) is 9.59 Å². The van der Waals surface area contributed by atoms with Crippen LogP contribution in [0.1, 0.15) is 16.7 Å². The predicted octanol–water partition coefficient (Wildman–Crippen LogP) is 1.68. The van der Waals surface area contributed by atoms with Crippen LogP contribution in [-0.4, -0.2) is 49.4 Å². The lowest BCUT2D eigenvalue weighted by Gasteiger charge is -2.31. The molecule has 2 amide bonds. The minimum absolute atomic E-state index is 0.0208. The molecule has 0 atom stereocenters. The normalized spacial score (nSPS) is 15.0. The number of benzene rings is 2. The van der Waals surface area contributed by atoms with Crippen molar-refractivity contribution in [2.75, 3.05) is 38.0 Å². The predicted molar refractivity (Wildman–Crippen MR) is 112 cm³/mol. The molecule has 0 unspecified atom stereocenters. The second kappa shape index (κ2) is 9.33. The molecule has 0 spiro atoms. The summed E-state index contributed by atoms with van der Waals surface area (Å²) in [6.07, 6.45) is 3.48. The Morgan fingerprint density at radius 1 is 1.04 bits per heavy atom. The average Bonchev–Trinajstić information content (AvgIpc) is 2.71. The smallest absolute Gasteiger partial charge is 0.279 e. The van der Waals surface area contributed by atoms with Crippen LogP contribution in [0.3, 0.4) is 0 Å². The molecule has 1 aliphatic rings. The molecule has 0 saturated carbocycles. The second-order valence-electron chi connectivity index (χ2n) is 7.29. The van der Waals surface area contributed by atoms with Crippen LogP contribution < -0.4 is 10.2 Å². The van der Waals surface area contributed by atoms with E-state index in [4.69, 9.17) is 0 Å². The first-order valence-corrected chi connectivity index (χ1v) is 9.74. The molecule has 0 bridgehead atoms. The Labute approximate surface area is 166 Å². The molecule has 5 heteroatoms. The molecule has 1 heterocycles. The molecule has 0 aliphatic carbocycles. The van der Waals surface area contributed by atoms with E-state index in [0.717, 1.165) is 29.9 Å². The van der Waals surface area contributed by atoms with Gasteiger partial charge in [0.15, 0.2) is 6.54 Å². The fourth-order valence-electron chi connectivity index (χ4n) is 3.37.